The fraction of sp³-hybridized carbons (Fsp3) is 0.188. The fourth-order valence-electron chi connectivity index (χ4n) is 1.93. The smallest absolute Gasteiger partial charge is 0.269 e. The lowest BCUT2D eigenvalue weighted by molar-refractivity contribution is -0.122. The summed E-state index contributed by atoms with van der Waals surface area (Å²) in [6.07, 6.45) is 3.35. The molecule has 21 heavy (non-hydrogen) atoms. The molecule has 2 N–H and O–H groups in total. The second kappa shape index (κ2) is 7.19. The maximum absolute atomic E-state index is 11.8. The van der Waals surface area contributed by atoms with Gasteiger partial charge in [-0.15, -0.1) is 0 Å². The maximum Gasteiger partial charge on any atom is 0.269 e. The van der Waals surface area contributed by atoms with E-state index in [1.807, 2.05) is 37.3 Å². The number of carbonyl (C=O) groups is 2. The van der Waals surface area contributed by atoms with E-state index in [1.54, 1.807) is 12.1 Å². The molecule has 2 rings (SSSR count). The first kappa shape index (κ1) is 14.7. The second-order valence-electron chi connectivity index (χ2n) is 4.75. The zero-order valence-corrected chi connectivity index (χ0v) is 11.7. The normalized spacial score (nSPS) is 11.5. The van der Waals surface area contributed by atoms with Crippen molar-refractivity contribution in [3.8, 4) is 0 Å². The number of nitrogens with one attached hydrogen (secondary N) is 2. The molecule has 1 aromatic heterocycles. The maximum atomic E-state index is 11.8. The molecule has 0 fully saturated rings. The molecule has 0 aliphatic rings. The third-order valence-electron chi connectivity index (χ3n) is 3.12. The van der Waals surface area contributed by atoms with Gasteiger partial charge in [-0.05, 0) is 23.6 Å². The fourth-order valence-corrected chi connectivity index (χ4v) is 1.93. The van der Waals surface area contributed by atoms with Crippen molar-refractivity contribution in [2.45, 2.75) is 19.3 Å². The molecular formula is C16H17N3O2. The summed E-state index contributed by atoms with van der Waals surface area (Å²) in [5, 5.41) is 0. The van der Waals surface area contributed by atoms with E-state index in [4.69, 9.17) is 0 Å². The lowest BCUT2D eigenvalue weighted by Gasteiger charge is -2.12. The third-order valence-corrected chi connectivity index (χ3v) is 3.12. The van der Waals surface area contributed by atoms with Crippen LogP contribution in [0.2, 0.25) is 0 Å². The van der Waals surface area contributed by atoms with E-state index in [0.29, 0.717) is 12.0 Å². The number of benzene rings is 1. The summed E-state index contributed by atoms with van der Waals surface area (Å²) in [7, 11) is 0. The quantitative estimate of drug-likeness (QED) is 0.843. The number of amides is 2. The highest BCUT2D eigenvalue weighted by atomic mass is 16.2. The Morgan fingerprint density at radius 2 is 1.71 bits per heavy atom. The van der Waals surface area contributed by atoms with Gasteiger partial charge in [0.2, 0.25) is 5.91 Å². The monoisotopic (exact) mass is 283 g/mol. The van der Waals surface area contributed by atoms with Crippen LogP contribution in [0.4, 0.5) is 0 Å². The molecule has 0 radical (unpaired) electrons. The number of rotatable bonds is 4. The van der Waals surface area contributed by atoms with Gasteiger partial charge < -0.3 is 0 Å². The van der Waals surface area contributed by atoms with Crippen LogP contribution in [0.5, 0.6) is 0 Å². The van der Waals surface area contributed by atoms with E-state index < -0.39 is 0 Å². The molecule has 108 valence electrons. The third kappa shape index (κ3) is 4.42. The van der Waals surface area contributed by atoms with Crippen LogP contribution in [-0.2, 0) is 4.79 Å². The van der Waals surface area contributed by atoms with Gasteiger partial charge in [0.1, 0.15) is 0 Å². The second-order valence-corrected chi connectivity index (χ2v) is 4.75. The van der Waals surface area contributed by atoms with Gasteiger partial charge in [-0.1, -0.05) is 37.3 Å². The molecule has 5 nitrogen and oxygen atoms in total. The van der Waals surface area contributed by atoms with Crippen LogP contribution >= 0.6 is 0 Å². The van der Waals surface area contributed by atoms with Crippen molar-refractivity contribution < 1.29 is 9.59 Å². The molecule has 0 aliphatic carbocycles. The zero-order valence-electron chi connectivity index (χ0n) is 11.7. The van der Waals surface area contributed by atoms with Crippen LogP contribution in [-0.4, -0.2) is 16.8 Å². The molecule has 0 saturated heterocycles. The number of carbonyl (C=O) groups excluding carboxylic acids is 2. The van der Waals surface area contributed by atoms with Crippen molar-refractivity contribution in [3.05, 3.63) is 66.0 Å². The predicted molar refractivity (Wildman–Crippen MR) is 79.3 cm³/mol. The Balaban J connectivity index is 1.81. The molecule has 0 bridgehead atoms. The summed E-state index contributed by atoms with van der Waals surface area (Å²) < 4.78 is 0. The van der Waals surface area contributed by atoms with Crippen LogP contribution in [0.25, 0.3) is 0 Å². The average Bonchev–Trinajstić information content (AvgIpc) is 2.54. The lowest BCUT2D eigenvalue weighted by atomic mass is 9.98. The van der Waals surface area contributed by atoms with Crippen molar-refractivity contribution in [2.75, 3.05) is 0 Å². The number of nitrogens with zero attached hydrogens (tertiary/aromatic N) is 1. The van der Waals surface area contributed by atoms with Gasteiger partial charge in [-0.25, -0.2) is 0 Å². The predicted octanol–water partition coefficient (Wildman–Crippen LogP) is 2.04. The van der Waals surface area contributed by atoms with Gasteiger partial charge in [0.05, 0.1) is 0 Å². The molecule has 1 aromatic carbocycles. The van der Waals surface area contributed by atoms with Gasteiger partial charge in [0.15, 0.2) is 0 Å². The molecule has 2 amide bonds. The van der Waals surface area contributed by atoms with Gasteiger partial charge in [0.25, 0.3) is 5.91 Å². The summed E-state index contributed by atoms with van der Waals surface area (Å²) in [5.41, 5.74) is 6.35. The SMILES string of the molecule is C[C@@H](CC(=O)NNC(=O)c1ccncc1)c1ccccc1. The summed E-state index contributed by atoms with van der Waals surface area (Å²) in [6, 6.07) is 12.9. The van der Waals surface area contributed by atoms with E-state index in [1.165, 1.54) is 12.4 Å². The topological polar surface area (TPSA) is 71.1 Å². The van der Waals surface area contributed by atoms with Gasteiger partial charge >= 0.3 is 0 Å². The van der Waals surface area contributed by atoms with Crippen molar-refractivity contribution >= 4 is 11.8 Å². The van der Waals surface area contributed by atoms with Gasteiger partial charge in [-0.3, -0.25) is 25.4 Å². The minimum atomic E-state index is -0.363. The molecule has 0 aliphatic heterocycles. The first-order valence-electron chi connectivity index (χ1n) is 6.71. The van der Waals surface area contributed by atoms with E-state index in [-0.39, 0.29) is 17.7 Å². The summed E-state index contributed by atoms with van der Waals surface area (Å²) in [6.45, 7) is 1.97. The van der Waals surface area contributed by atoms with Crippen LogP contribution in [0.1, 0.15) is 35.2 Å². The Morgan fingerprint density at radius 1 is 1.05 bits per heavy atom. The van der Waals surface area contributed by atoms with E-state index in [9.17, 15) is 9.59 Å². The van der Waals surface area contributed by atoms with Crippen molar-refractivity contribution in [1.29, 1.82) is 0 Å². The largest absolute Gasteiger partial charge is 0.273 e. The highest BCUT2D eigenvalue weighted by molar-refractivity contribution is 5.95. The first-order chi connectivity index (χ1) is 10.2. The Kier molecular flexibility index (Phi) is 5.04. The molecule has 0 spiro atoms. The van der Waals surface area contributed by atoms with E-state index >= 15 is 0 Å². The number of hydrogen-bond donors (Lipinski definition) is 2. The summed E-state index contributed by atoms with van der Waals surface area (Å²) in [5.74, 6) is -0.504. The van der Waals surface area contributed by atoms with E-state index in [0.717, 1.165) is 5.56 Å². The molecule has 0 saturated carbocycles. The van der Waals surface area contributed by atoms with Gasteiger partial charge in [-0.2, -0.15) is 0 Å². The standard InChI is InChI=1S/C16H17N3O2/c1-12(13-5-3-2-4-6-13)11-15(20)18-19-16(21)14-7-9-17-10-8-14/h2-10,12H,11H2,1H3,(H,18,20)(H,19,21)/t12-/m0/s1. The van der Waals surface area contributed by atoms with E-state index in [2.05, 4.69) is 15.8 Å². The van der Waals surface area contributed by atoms with Crippen LogP contribution in [0.3, 0.4) is 0 Å². The van der Waals surface area contributed by atoms with Crippen molar-refractivity contribution in [2.24, 2.45) is 0 Å². The first-order valence-corrected chi connectivity index (χ1v) is 6.71. The van der Waals surface area contributed by atoms with Crippen molar-refractivity contribution in [1.82, 2.24) is 15.8 Å². The van der Waals surface area contributed by atoms with Crippen LogP contribution in [0, 0.1) is 0 Å². The summed E-state index contributed by atoms with van der Waals surface area (Å²) >= 11 is 0. The molecular weight excluding hydrogens is 266 g/mol. The number of pyridine rings is 1. The number of aromatic nitrogens is 1. The summed E-state index contributed by atoms with van der Waals surface area (Å²) in [4.78, 5) is 27.4. The molecule has 1 atom stereocenters. The van der Waals surface area contributed by atoms with Gasteiger partial charge in [0, 0.05) is 24.4 Å². The molecule has 0 unspecified atom stereocenters. The Hall–Kier alpha value is -2.69. The highest BCUT2D eigenvalue weighted by Gasteiger charge is 2.12. The minimum Gasteiger partial charge on any atom is -0.273 e. The molecule has 2 aromatic rings. The minimum absolute atomic E-state index is 0.0871. The Labute approximate surface area is 123 Å². The van der Waals surface area contributed by atoms with Crippen molar-refractivity contribution in [3.63, 3.8) is 0 Å². The van der Waals surface area contributed by atoms with Crippen LogP contribution in [0.15, 0.2) is 54.9 Å². The number of hydrogen-bond acceptors (Lipinski definition) is 3. The zero-order chi connectivity index (χ0) is 15.1. The highest BCUT2D eigenvalue weighted by Crippen LogP contribution is 2.17. The number of hydrazine groups is 1. The Bertz CT molecular complexity index is 599. The average molecular weight is 283 g/mol. The Morgan fingerprint density at radius 3 is 2.38 bits per heavy atom. The lowest BCUT2D eigenvalue weighted by Crippen LogP contribution is -2.41. The molecule has 5 heteroatoms. The van der Waals surface area contributed by atoms with Crippen LogP contribution < -0.4 is 10.9 Å². The molecule has 1 heterocycles.